The van der Waals surface area contributed by atoms with Gasteiger partial charge < -0.3 is 31.1 Å². The molecular weight excluding hydrogens is 592 g/mol. The molecule has 9 nitrogen and oxygen atoms in total. The van der Waals surface area contributed by atoms with E-state index in [9.17, 15) is 24.6 Å². The maximum Gasteiger partial charge on any atom is 0.242 e. The number of nitrogens with one attached hydrogen (secondary N) is 3. The van der Waals surface area contributed by atoms with Crippen molar-refractivity contribution in [2.45, 2.75) is 121 Å². The van der Waals surface area contributed by atoms with Crippen molar-refractivity contribution in [2.24, 2.45) is 11.8 Å². The van der Waals surface area contributed by atoms with Crippen LogP contribution in [0.1, 0.15) is 96.0 Å². The minimum atomic E-state index is -1.19. The third kappa shape index (κ3) is 15.4. The maximum absolute atomic E-state index is 13.8. The second-order valence-corrected chi connectivity index (χ2v) is 13.0. The fraction of sp³-hybridized carbons (Fsp3) is 0.658. The summed E-state index contributed by atoms with van der Waals surface area (Å²) in [7, 11) is 1.73. The number of unbranched alkanes of at least 4 members (excludes halogenated alkanes) is 1. The van der Waals surface area contributed by atoms with Crippen LogP contribution in [-0.4, -0.2) is 83.8 Å². The van der Waals surface area contributed by atoms with E-state index in [0.717, 1.165) is 44.2 Å². The molecule has 0 unspecified atom stereocenters. The van der Waals surface area contributed by atoms with E-state index < -0.39 is 42.0 Å². The Morgan fingerprint density at radius 1 is 0.957 bits per heavy atom. The van der Waals surface area contributed by atoms with Crippen LogP contribution in [-0.2, 0) is 20.8 Å². The van der Waals surface area contributed by atoms with E-state index in [2.05, 4.69) is 34.7 Å². The van der Waals surface area contributed by atoms with Crippen molar-refractivity contribution in [1.82, 2.24) is 20.9 Å². The number of aliphatic hydroxyl groups is 2. The number of terminal acetylenes is 2. The Morgan fingerprint density at radius 2 is 1.66 bits per heavy atom. The van der Waals surface area contributed by atoms with Crippen LogP contribution >= 0.6 is 0 Å². The molecule has 5 atom stereocenters. The summed E-state index contributed by atoms with van der Waals surface area (Å²) in [5.41, 5.74) is 0.909. The Bertz CT molecular complexity index is 1140. The van der Waals surface area contributed by atoms with Crippen LogP contribution in [0.25, 0.3) is 0 Å². The Kier molecular flexibility index (Phi) is 19.5. The predicted octanol–water partition coefficient (Wildman–Crippen LogP) is 3.57. The highest BCUT2D eigenvalue weighted by Crippen LogP contribution is 2.29. The maximum atomic E-state index is 13.8. The first-order chi connectivity index (χ1) is 22.7. The summed E-state index contributed by atoms with van der Waals surface area (Å²) in [4.78, 5) is 42.5. The minimum Gasteiger partial charge on any atom is -0.390 e. The normalized spacial score (nSPS) is 16.5. The SMILES string of the molecule is C#CCCC[C@H](O)[C@H](O)[C@H](CC1CCCCC1)NC(=O)[C@H](CCC#C)NC(=O)[C@@H](CC(=O)N(C)CCNCCC)Cc1ccccc1. The Morgan fingerprint density at radius 3 is 2.32 bits per heavy atom. The van der Waals surface area contributed by atoms with Gasteiger partial charge in [0.1, 0.15) is 6.04 Å². The van der Waals surface area contributed by atoms with Gasteiger partial charge in [-0.2, -0.15) is 0 Å². The molecule has 1 aliphatic carbocycles. The van der Waals surface area contributed by atoms with Crippen LogP contribution < -0.4 is 16.0 Å². The summed E-state index contributed by atoms with van der Waals surface area (Å²) in [6, 6.07) is 7.83. The van der Waals surface area contributed by atoms with Crippen LogP contribution in [0.4, 0.5) is 0 Å². The zero-order valence-corrected chi connectivity index (χ0v) is 28.6. The highest BCUT2D eigenvalue weighted by molar-refractivity contribution is 5.91. The van der Waals surface area contributed by atoms with Crippen molar-refractivity contribution in [3.8, 4) is 24.7 Å². The smallest absolute Gasteiger partial charge is 0.242 e. The summed E-state index contributed by atoms with van der Waals surface area (Å²) in [6.07, 6.45) is 17.7. The van der Waals surface area contributed by atoms with Gasteiger partial charge in [-0.25, -0.2) is 0 Å². The number of carbonyl (C=O) groups excluding carboxylic acids is 3. The van der Waals surface area contributed by atoms with Crippen LogP contribution in [0.3, 0.4) is 0 Å². The Balaban J connectivity index is 2.22. The zero-order chi connectivity index (χ0) is 34.4. The summed E-state index contributed by atoms with van der Waals surface area (Å²) in [5.74, 6) is 3.69. The van der Waals surface area contributed by atoms with Crippen LogP contribution in [0.15, 0.2) is 30.3 Å². The molecule has 1 aromatic carbocycles. The quantitative estimate of drug-likeness (QED) is 0.0964. The molecule has 1 aromatic rings. The van der Waals surface area contributed by atoms with E-state index in [1.165, 1.54) is 6.42 Å². The molecule has 1 saturated carbocycles. The zero-order valence-electron chi connectivity index (χ0n) is 28.6. The van der Waals surface area contributed by atoms with Gasteiger partial charge in [0.15, 0.2) is 0 Å². The highest BCUT2D eigenvalue weighted by Gasteiger charge is 2.34. The fourth-order valence-electron chi connectivity index (χ4n) is 6.18. The van der Waals surface area contributed by atoms with E-state index in [0.29, 0.717) is 51.1 Å². The van der Waals surface area contributed by atoms with E-state index in [4.69, 9.17) is 12.8 Å². The van der Waals surface area contributed by atoms with Gasteiger partial charge in [0.05, 0.1) is 24.2 Å². The monoisotopic (exact) mass is 650 g/mol. The molecule has 260 valence electrons. The molecule has 3 amide bonds. The van der Waals surface area contributed by atoms with Crippen molar-refractivity contribution in [3.63, 3.8) is 0 Å². The van der Waals surface area contributed by atoms with Gasteiger partial charge in [-0.15, -0.1) is 24.7 Å². The molecule has 0 radical (unpaired) electrons. The van der Waals surface area contributed by atoms with Gasteiger partial charge in [0.25, 0.3) is 0 Å². The number of aliphatic hydroxyl groups excluding tert-OH is 2. The molecule has 0 bridgehead atoms. The molecule has 0 aromatic heterocycles. The molecule has 0 saturated heterocycles. The third-order valence-corrected chi connectivity index (χ3v) is 9.07. The summed E-state index contributed by atoms with van der Waals surface area (Å²) < 4.78 is 0. The second-order valence-electron chi connectivity index (χ2n) is 13.0. The largest absolute Gasteiger partial charge is 0.390 e. The first kappa shape index (κ1) is 39.8. The average Bonchev–Trinajstić information content (AvgIpc) is 3.08. The molecule has 47 heavy (non-hydrogen) atoms. The van der Waals surface area contributed by atoms with E-state index in [1.54, 1.807) is 11.9 Å². The number of hydrogen-bond donors (Lipinski definition) is 5. The Labute approximate surface area is 283 Å². The molecule has 2 rings (SSSR count). The molecule has 9 heteroatoms. The van der Waals surface area contributed by atoms with Gasteiger partial charge in [-0.05, 0) is 56.6 Å². The number of rotatable bonds is 22. The molecule has 5 N–H and O–H groups in total. The van der Waals surface area contributed by atoms with E-state index in [-0.39, 0.29) is 25.2 Å². The van der Waals surface area contributed by atoms with Gasteiger partial charge in [0, 0.05) is 39.4 Å². The number of nitrogens with zero attached hydrogens (tertiary/aromatic N) is 1. The van der Waals surface area contributed by atoms with Crippen molar-refractivity contribution < 1.29 is 24.6 Å². The van der Waals surface area contributed by atoms with E-state index >= 15 is 0 Å². The predicted molar refractivity (Wildman–Crippen MR) is 187 cm³/mol. The van der Waals surface area contributed by atoms with Crippen molar-refractivity contribution in [1.29, 1.82) is 0 Å². The van der Waals surface area contributed by atoms with Gasteiger partial charge in [-0.1, -0.05) is 69.4 Å². The van der Waals surface area contributed by atoms with Crippen molar-refractivity contribution >= 4 is 17.7 Å². The van der Waals surface area contributed by atoms with Gasteiger partial charge >= 0.3 is 0 Å². The standard InChI is InChI=1S/C38H58N4O5/c1-5-8-12-22-34(43)36(45)33(27-30-19-15-11-16-20-30)41-38(47)32(21-9-6-2)40-37(46)31(26-29-17-13-10-14-18-29)28-35(44)42(4)25-24-39-23-7-3/h1-2,10,13-14,17-18,30-34,36,39,43,45H,7-9,11-12,15-16,19-28H2,3-4H3,(H,40,46)(H,41,47)/t31-,32+,33+,34+,36-/m1/s1. The summed E-state index contributed by atoms with van der Waals surface area (Å²) in [6.45, 7) is 4.12. The van der Waals surface area contributed by atoms with Gasteiger partial charge in [0.2, 0.25) is 17.7 Å². The topological polar surface area (TPSA) is 131 Å². The van der Waals surface area contributed by atoms with Crippen LogP contribution in [0.5, 0.6) is 0 Å². The van der Waals surface area contributed by atoms with Crippen LogP contribution in [0, 0.1) is 36.5 Å². The minimum absolute atomic E-state index is 0.0125. The number of hydrogen-bond acceptors (Lipinski definition) is 6. The number of amides is 3. The lowest BCUT2D eigenvalue weighted by atomic mass is 9.82. The highest BCUT2D eigenvalue weighted by atomic mass is 16.3. The molecular formula is C38H58N4O5. The van der Waals surface area contributed by atoms with Crippen molar-refractivity contribution in [2.75, 3.05) is 26.7 Å². The molecule has 0 heterocycles. The number of likely N-dealkylation sites (N-methyl/N-ethyl adjacent to an activating group) is 1. The first-order valence-electron chi connectivity index (χ1n) is 17.5. The lowest BCUT2D eigenvalue weighted by Gasteiger charge is -2.33. The molecule has 0 aliphatic heterocycles. The second kappa shape index (κ2) is 23.0. The lowest BCUT2D eigenvalue weighted by Crippen LogP contribution is -2.56. The van der Waals surface area contributed by atoms with Crippen molar-refractivity contribution in [3.05, 3.63) is 35.9 Å². The summed E-state index contributed by atoms with van der Waals surface area (Å²) in [5, 5.41) is 31.2. The molecule has 1 aliphatic rings. The number of benzene rings is 1. The molecule has 1 fully saturated rings. The fourth-order valence-corrected chi connectivity index (χ4v) is 6.18. The molecule has 0 spiro atoms. The summed E-state index contributed by atoms with van der Waals surface area (Å²) >= 11 is 0. The average molecular weight is 651 g/mol. The van der Waals surface area contributed by atoms with Crippen LogP contribution in [0.2, 0.25) is 0 Å². The Hall–Kier alpha value is -3.37. The third-order valence-electron chi connectivity index (χ3n) is 9.07. The van der Waals surface area contributed by atoms with Gasteiger partial charge in [-0.3, -0.25) is 14.4 Å². The lowest BCUT2D eigenvalue weighted by molar-refractivity contribution is -0.137. The first-order valence-corrected chi connectivity index (χ1v) is 17.5. The van der Waals surface area contributed by atoms with E-state index in [1.807, 2.05) is 30.3 Å². The number of carbonyl (C=O) groups is 3.